The predicted octanol–water partition coefficient (Wildman–Crippen LogP) is 3.58. The Morgan fingerprint density at radius 1 is 1.21 bits per heavy atom. The highest BCUT2D eigenvalue weighted by Crippen LogP contribution is 2.20. The van der Waals surface area contributed by atoms with Crippen LogP contribution in [0.4, 0.5) is 10.1 Å². The number of anilines is 1. The van der Waals surface area contributed by atoms with E-state index in [-0.39, 0.29) is 24.1 Å². The number of hydrogen-bond acceptors (Lipinski definition) is 6. The molecule has 0 spiro atoms. The zero-order valence-electron chi connectivity index (χ0n) is 18.3. The highest BCUT2D eigenvalue weighted by Gasteiger charge is 2.15. The van der Waals surface area contributed by atoms with Crippen LogP contribution >= 0.6 is 11.8 Å². The van der Waals surface area contributed by atoms with Gasteiger partial charge in [-0.15, -0.1) is 16.8 Å². The van der Waals surface area contributed by atoms with Crippen LogP contribution in [-0.2, 0) is 17.9 Å². The number of carbonyl (C=O) groups excluding carboxylic acids is 2. The monoisotopic (exact) mass is 469 g/mol. The summed E-state index contributed by atoms with van der Waals surface area (Å²) in [4.78, 5) is 24.8. The van der Waals surface area contributed by atoms with Crippen molar-refractivity contribution in [1.29, 1.82) is 0 Å². The van der Waals surface area contributed by atoms with Crippen molar-refractivity contribution in [1.82, 2.24) is 20.1 Å². The number of aromatic nitrogens is 3. The van der Waals surface area contributed by atoms with Crippen molar-refractivity contribution in [3.8, 4) is 5.75 Å². The van der Waals surface area contributed by atoms with Gasteiger partial charge >= 0.3 is 0 Å². The molecule has 0 fully saturated rings. The van der Waals surface area contributed by atoms with Gasteiger partial charge in [-0.1, -0.05) is 23.9 Å². The van der Waals surface area contributed by atoms with Gasteiger partial charge in [0, 0.05) is 17.8 Å². The molecule has 0 atom stereocenters. The number of carbonyl (C=O) groups is 2. The van der Waals surface area contributed by atoms with Gasteiger partial charge in [0.15, 0.2) is 11.0 Å². The fourth-order valence-electron chi connectivity index (χ4n) is 2.92. The minimum Gasteiger partial charge on any atom is -0.497 e. The Kier molecular flexibility index (Phi) is 8.20. The van der Waals surface area contributed by atoms with Crippen LogP contribution in [0.2, 0.25) is 0 Å². The van der Waals surface area contributed by atoms with Crippen LogP contribution in [-0.4, -0.2) is 39.4 Å². The molecule has 0 aliphatic rings. The van der Waals surface area contributed by atoms with E-state index in [0.717, 1.165) is 5.56 Å². The Bertz CT molecular complexity index is 1150. The first-order chi connectivity index (χ1) is 15.9. The molecule has 10 heteroatoms. The van der Waals surface area contributed by atoms with Gasteiger partial charge in [0.05, 0.1) is 19.4 Å². The van der Waals surface area contributed by atoms with Crippen LogP contribution in [0.1, 0.15) is 21.7 Å². The van der Waals surface area contributed by atoms with Gasteiger partial charge in [-0.05, 0) is 48.9 Å². The van der Waals surface area contributed by atoms with Crippen LogP contribution in [0.15, 0.2) is 60.3 Å². The van der Waals surface area contributed by atoms with E-state index in [2.05, 4.69) is 27.4 Å². The molecular formula is C23H24FN5O3S. The fourth-order valence-corrected chi connectivity index (χ4v) is 3.68. The third-order valence-corrected chi connectivity index (χ3v) is 5.64. The zero-order valence-corrected chi connectivity index (χ0v) is 19.1. The van der Waals surface area contributed by atoms with Crippen LogP contribution in [0.5, 0.6) is 5.75 Å². The number of methoxy groups -OCH3 is 1. The Labute approximate surface area is 195 Å². The highest BCUT2D eigenvalue weighted by molar-refractivity contribution is 7.99. The molecule has 0 saturated carbocycles. The average Bonchev–Trinajstić information content (AvgIpc) is 3.20. The second-order valence-electron chi connectivity index (χ2n) is 7.01. The molecule has 2 aromatic carbocycles. The van der Waals surface area contributed by atoms with Crippen molar-refractivity contribution in [3.63, 3.8) is 0 Å². The lowest BCUT2D eigenvalue weighted by Crippen LogP contribution is -2.24. The van der Waals surface area contributed by atoms with Crippen LogP contribution in [0.3, 0.4) is 0 Å². The third kappa shape index (κ3) is 6.42. The van der Waals surface area contributed by atoms with Crippen molar-refractivity contribution in [2.24, 2.45) is 0 Å². The van der Waals surface area contributed by atoms with E-state index in [1.807, 2.05) is 0 Å². The summed E-state index contributed by atoms with van der Waals surface area (Å²) in [5.74, 6) is 0.275. The van der Waals surface area contributed by atoms with Gasteiger partial charge < -0.3 is 19.9 Å². The van der Waals surface area contributed by atoms with Crippen molar-refractivity contribution >= 4 is 29.3 Å². The van der Waals surface area contributed by atoms with Crippen LogP contribution in [0, 0.1) is 12.7 Å². The summed E-state index contributed by atoms with van der Waals surface area (Å²) < 4.78 is 20.3. The molecule has 0 aliphatic heterocycles. The first kappa shape index (κ1) is 24.0. The molecule has 1 heterocycles. The summed E-state index contributed by atoms with van der Waals surface area (Å²) in [6.45, 7) is 6.10. The lowest BCUT2D eigenvalue weighted by molar-refractivity contribution is -0.113. The van der Waals surface area contributed by atoms with E-state index in [9.17, 15) is 14.0 Å². The van der Waals surface area contributed by atoms with E-state index < -0.39 is 5.82 Å². The molecule has 0 radical (unpaired) electrons. The van der Waals surface area contributed by atoms with Crippen LogP contribution < -0.4 is 15.4 Å². The quantitative estimate of drug-likeness (QED) is 0.348. The first-order valence-electron chi connectivity index (χ1n) is 10.0. The van der Waals surface area contributed by atoms with Crippen molar-refractivity contribution in [3.05, 3.63) is 77.9 Å². The summed E-state index contributed by atoms with van der Waals surface area (Å²) in [5, 5.41) is 14.3. The summed E-state index contributed by atoms with van der Waals surface area (Å²) in [5.41, 5.74) is 1.68. The number of aryl methyl sites for hydroxylation is 1. The number of rotatable bonds is 10. The average molecular weight is 470 g/mol. The SMILES string of the molecule is C=CCn1c(CNC(=O)c2ccc(OC)cc2)nnc1SCC(=O)Nc1cc(F)ccc1C. The summed E-state index contributed by atoms with van der Waals surface area (Å²) >= 11 is 1.19. The lowest BCUT2D eigenvalue weighted by atomic mass is 10.2. The van der Waals surface area contributed by atoms with E-state index in [1.165, 1.54) is 23.9 Å². The third-order valence-electron chi connectivity index (χ3n) is 4.67. The molecule has 172 valence electrons. The van der Waals surface area contributed by atoms with Gasteiger partial charge in [0.1, 0.15) is 11.6 Å². The second kappa shape index (κ2) is 11.3. The molecule has 8 nitrogen and oxygen atoms in total. The first-order valence-corrected chi connectivity index (χ1v) is 11.0. The molecule has 33 heavy (non-hydrogen) atoms. The van der Waals surface area contributed by atoms with Crippen molar-refractivity contribution < 1.29 is 18.7 Å². The van der Waals surface area contributed by atoms with Gasteiger partial charge in [0.25, 0.3) is 5.91 Å². The van der Waals surface area contributed by atoms with Gasteiger partial charge in [0.2, 0.25) is 5.91 Å². The van der Waals surface area contributed by atoms with Gasteiger partial charge in [-0.2, -0.15) is 0 Å². The molecule has 1 aromatic heterocycles. The minimum absolute atomic E-state index is 0.0590. The predicted molar refractivity (Wildman–Crippen MR) is 125 cm³/mol. The van der Waals surface area contributed by atoms with E-state index in [1.54, 1.807) is 55.0 Å². The number of allylic oxidation sites excluding steroid dienone is 1. The van der Waals surface area contributed by atoms with E-state index in [4.69, 9.17) is 4.74 Å². The molecule has 2 amide bonds. The Morgan fingerprint density at radius 2 is 1.97 bits per heavy atom. The Hall–Kier alpha value is -3.66. The molecule has 0 unspecified atom stereocenters. The maximum Gasteiger partial charge on any atom is 0.251 e. The molecule has 3 rings (SSSR count). The number of hydrogen-bond donors (Lipinski definition) is 2. The summed E-state index contributed by atoms with van der Waals surface area (Å²) in [6, 6.07) is 11.0. The highest BCUT2D eigenvalue weighted by atomic mass is 32.2. The molecule has 0 saturated heterocycles. The second-order valence-corrected chi connectivity index (χ2v) is 7.95. The van der Waals surface area contributed by atoms with Crippen molar-refractivity contribution in [2.45, 2.75) is 25.2 Å². The minimum atomic E-state index is -0.421. The molecule has 3 aromatic rings. The van der Waals surface area contributed by atoms with E-state index >= 15 is 0 Å². The normalized spacial score (nSPS) is 10.5. The molecule has 0 aliphatic carbocycles. The maximum absolute atomic E-state index is 13.4. The van der Waals surface area contributed by atoms with Gasteiger partial charge in [-0.25, -0.2) is 4.39 Å². The number of nitrogens with zero attached hydrogens (tertiary/aromatic N) is 3. The number of amides is 2. The van der Waals surface area contributed by atoms with E-state index in [0.29, 0.717) is 34.5 Å². The topological polar surface area (TPSA) is 98.1 Å². The largest absolute Gasteiger partial charge is 0.497 e. The van der Waals surface area contributed by atoms with Crippen LogP contribution in [0.25, 0.3) is 0 Å². The summed E-state index contributed by atoms with van der Waals surface area (Å²) in [7, 11) is 1.56. The zero-order chi connectivity index (χ0) is 23.8. The molecule has 0 bridgehead atoms. The Morgan fingerprint density at radius 3 is 2.67 bits per heavy atom. The molecular weight excluding hydrogens is 445 g/mol. The number of halogens is 1. The van der Waals surface area contributed by atoms with Crippen molar-refractivity contribution in [2.75, 3.05) is 18.2 Å². The number of benzene rings is 2. The number of ether oxygens (including phenoxy) is 1. The molecule has 2 N–H and O–H groups in total. The maximum atomic E-state index is 13.4. The number of thioether (sulfide) groups is 1. The Balaban J connectivity index is 1.61. The standard InChI is InChI=1S/C23H24FN5O3S/c1-4-11-29-20(13-25-22(31)16-6-9-18(32-3)10-7-16)27-28-23(29)33-14-21(30)26-19-12-17(24)8-5-15(19)2/h4-10,12H,1,11,13-14H2,2-3H3,(H,25,31)(H,26,30). The number of nitrogens with one attached hydrogen (secondary N) is 2. The van der Waals surface area contributed by atoms with Gasteiger partial charge in [-0.3, -0.25) is 9.59 Å². The lowest BCUT2D eigenvalue weighted by Gasteiger charge is -2.10. The smallest absolute Gasteiger partial charge is 0.251 e. The fraction of sp³-hybridized carbons (Fsp3) is 0.217. The summed E-state index contributed by atoms with van der Waals surface area (Å²) in [6.07, 6.45) is 1.68.